The van der Waals surface area contributed by atoms with Crippen LogP contribution in [0.2, 0.25) is 4.34 Å². The lowest BCUT2D eigenvalue weighted by atomic mass is 10.2. The van der Waals surface area contributed by atoms with Crippen LogP contribution in [0.1, 0.15) is 16.0 Å². The first kappa shape index (κ1) is 16.4. The monoisotopic (exact) mass is 339 g/mol. The van der Waals surface area contributed by atoms with Crippen molar-refractivity contribution in [2.45, 2.75) is 19.2 Å². The van der Waals surface area contributed by atoms with Gasteiger partial charge in [-0.3, -0.25) is 4.79 Å². The standard InChI is InChI=1S/C16H18ClNOS2/c1-12-4-3-5-13(8-12)10-20-11-16(19)18(2)9-14-6-7-15(17)21-14/h3-8H,9-11H2,1-2H3. The molecule has 2 aromatic rings. The van der Waals surface area contributed by atoms with Crippen LogP contribution in [0, 0.1) is 6.92 Å². The predicted octanol–water partition coefficient (Wildman–Crippen LogP) is 4.60. The average molecular weight is 340 g/mol. The normalized spacial score (nSPS) is 10.6. The summed E-state index contributed by atoms with van der Waals surface area (Å²) < 4.78 is 0.764. The van der Waals surface area contributed by atoms with Gasteiger partial charge < -0.3 is 4.90 Å². The van der Waals surface area contributed by atoms with Crippen molar-refractivity contribution >= 4 is 40.6 Å². The molecule has 0 fully saturated rings. The number of hydrogen-bond acceptors (Lipinski definition) is 3. The first-order valence-electron chi connectivity index (χ1n) is 6.66. The summed E-state index contributed by atoms with van der Waals surface area (Å²) in [5.74, 6) is 1.52. The Morgan fingerprint density at radius 3 is 2.81 bits per heavy atom. The van der Waals surface area contributed by atoms with E-state index >= 15 is 0 Å². The molecule has 0 aliphatic carbocycles. The van der Waals surface area contributed by atoms with E-state index in [9.17, 15) is 4.79 Å². The number of thioether (sulfide) groups is 1. The summed E-state index contributed by atoms with van der Waals surface area (Å²) in [7, 11) is 1.84. The van der Waals surface area contributed by atoms with E-state index in [4.69, 9.17) is 11.6 Å². The quantitative estimate of drug-likeness (QED) is 0.766. The fraction of sp³-hybridized carbons (Fsp3) is 0.312. The number of thiophene rings is 1. The topological polar surface area (TPSA) is 20.3 Å². The van der Waals surface area contributed by atoms with Crippen LogP contribution in [-0.4, -0.2) is 23.6 Å². The largest absolute Gasteiger partial charge is 0.340 e. The summed E-state index contributed by atoms with van der Waals surface area (Å²) in [6.45, 7) is 2.71. The molecule has 0 aliphatic rings. The zero-order chi connectivity index (χ0) is 15.2. The highest BCUT2D eigenvalue weighted by atomic mass is 35.5. The molecule has 1 heterocycles. The maximum atomic E-state index is 12.1. The maximum absolute atomic E-state index is 12.1. The molecule has 0 atom stereocenters. The number of nitrogens with zero attached hydrogens (tertiary/aromatic N) is 1. The second-order valence-electron chi connectivity index (χ2n) is 4.94. The summed E-state index contributed by atoms with van der Waals surface area (Å²) in [6.07, 6.45) is 0. The van der Waals surface area contributed by atoms with Gasteiger partial charge in [-0.2, -0.15) is 0 Å². The molecule has 1 aromatic carbocycles. The van der Waals surface area contributed by atoms with E-state index in [0.717, 1.165) is 15.0 Å². The Bertz CT molecular complexity index is 612. The van der Waals surface area contributed by atoms with Crippen LogP contribution < -0.4 is 0 Å². The van der Waals surface area contributed by atoms with Gasteiger partial charge in [0.15, 0.2) is 0 Å². The highest BCUT2D eigenvalue weighted by Gasteiger charge is 2.10. The molecule has 0 aliphatic heterocycles. The minimum Gasteiger partial charge on any atom is -0.340 e. The van der Waals surface area contributed by atoms with Gasteiger partial charge in [0.25, 0.3) is 0 Å². The van der Waals surface area contributed by atoms with Gasteiger partial charge in [-0.15, -0.1) is 23.1 Å². The Labute approximate surface area is 139 Å². The molecule has 2 rings (SSSR count). The van der Waals surface area contributed by atoms with Crippen LogP contribution in [0.4, 0.5) is 0 Å². The SMILES string of the molecule is Cc1cccc(CSCC(=O)N(C)Cc2ccc(Cl)s2)c1. The number of hydrogen-bond donors (Lipinski definition) is 0. The number of amides is 1. The Morgan fingerprint density at radius 1 is 1.33 bits per heavy atom. The number of halogens is 1. The molecule has 1 aromatic heterocycles. The van der Waals surface area contributed by atoms with Crippen LogP contribution in [0.3, 0.4) is 0 Å². The number of carbonyl (C=O) groups excluding carboxylic acids is 1. The molecule has 0 radical (unpaired) electrons. The molecule has 0 spiro atoms. The third kappa shape index (κ3) is 5.38. The second-order valence-corrected chi connectivity index (χ2v) is 7.72. The predicted molar refractivity (Wildman–Crippen MR) is 93.1 cm³/mol. The van der Waals surface area contributed by atoms with Gasteiger partial charge in [-0.1, -0.05) is 41.4 Å². The zero-order valence-corrected chi connectivity index (χ0v) is 14.5. The summed E-state index contributed by atoms with van der Waals surface area (Å²) in [4.78, 5) is 15.0. The Balaban J connectivity index is 1.76. The molecule has 112 valence electrons. The van der Waals surface area contributed by atoms with Gasteiger partial charge in [0.2, 0.25) is 5.91 Å². The molecule has 21 heavy (non-hydrogen) atoms. The highest BCUT2D eigenvalue weighted by molar-refractivity contribution is 7.99. The van der Waals surface area contributed by atoms with Crippen LogP contribution in [0.25, 0.3) is 0 Å². The van der Waals surface area contributed by atoms with Crippen molar-refractivity contribution in [3.63, 3.8) is 0 Å². The van der Waals surface area contributed by atoms with E-state index in [1.165, 1.54) is 22.5 Å². The minimum atomic E-state index is 0.150. The smallest absolute Gasteiger partial charge is 0.232 e. The van der Waals surface area contributed by atoms with E-state index < -0.39 is 0 Å². The lowest BCUT2D eigenvalue weighted by molar-refractivity contribution is -0.127. The van der Waals surface area contributed by atoms with Crippen molar-refractivity contribution in [2.24, 2.45) is 0 Å². The minimum absolute atomic E-state index is 0.150. The summed E-state index contributed by atoms with van der Waals surface area (Å²) in [6, 6.07) is 12.2. The number of carbonyl (C=O) groups is 1. The fourth-order valence-electron chi connectivity index (χ4n) is 1.93. The lowest BCUT2D eigenvalue weighted by Gasteiger charge is -2.16. The molecular weight excluding hydrogens is 322 g/mol. The van der Waals surface area contributed by atoms with Crippen LogP contribution in [-0.2, 0) is 17.1 Å². The maximum Gasteiger partial charge on any atom is 0.232 e. The molecule has 0 N–H and O–H groups in total. The van der Waals surface area contributed by atoms with Crippen molar-refractivity contribution in [3.05, 3.63) is 56.7 Å². The van der Waals surface area contributed by atoms with Gasteiger partial charge in [-0.25, -0.2) is 0 Å². The Hall–Kier alpha value is -0.970. The lowest BCUT2D eigenvalue weighted by Crippen LogP contribution is -2.27. The van der Waals surface area contributed by atoms with Crippen LogP contribution in [0.15, 0.2) is 36.4 Å². The van der Waals surface area contributed by atoms with E-state index in [0.29, 0.717) is 12.3 Å². The molecule has 0 bridgehead atoms. The molecule has 0 saturated carbocycles. The summed E-state index contributed by atoms with van der Waals surface area (Å²) >= 11 is 9.07. The first-order valence-corrected chi connectivity index (χ1v) is 9.01. The van der Waals surface area contributed by atoms with Crippen LogP contribution >= 0.6 is 34.7 Å². The average Bonchev–Trinajstić information content (AvgIpc) is 2.84. The van der Waals surface area contributed by atoms with Crippen molar-refractivity contribution in [1.29, 1.82) is 0 Å². The fourth-order valence-corrected chi connectivity index (χ4v) is 3.98. The molecular formula is C16H18ClNOS2. The summed E-state index contributed by atoms with van der Waals surface area (Å²) in [5, 5.41) is 0. The van der Waals surface area contributed by atoms with Gasteiger partial charge in [0, 0.05) is 17.7 Å². The number of benzene rings is 1. The van der Waals surface area contributed by atoms with Gasteiger partial charge in [0.05, 0.1) is 16.6 Å². The van der Waals surface area contributed by atoms with Crippen molar-refractivity contribution in [2.75, 3.05) is 12.8 Å². The summed E-state index contributed by atoms with van der Waals surface area (Å²) in [5.41, 5.74) is 2.52. The van der Waals surface area contributed by atoms with Crippen molar-refractivity contribution < 1.29 is 4.79 Å². The second kappa shape index (κ2) is 7.87. The molecule has 0 unspecified atom stereocenters. The molecule has 5 heteroatoms. The Morgan fingerprint density at radius 2 is 2.14 bits per heavy atom. The van der Waals surface area contributed by atoms with E-state index in [1.807, 2.05) is 19.2 Å². The molecule has 2 nitrogen and oxygen atoms in total. The Kier molecular flexibility index (Phi) is 6.15. The zero-order valence-electron chi connectivity index (χ0n) is 12.1. The number of rotatable bonds is 6. The number of aryl methyl sites for hydroxylation is 1. The molecule has 0 saturated heterocycles. The van der Waals surface area contributed by atoms with E-state index in [1.54, 1.807) is 16.7 Å². The molecule has 1 amide bonds. The van der Waals surface area contributed by atoms with E-state index in [2.05, 4.69) is 31.2 Å². The highest BCUT2D eigenvalue weighted by Crippen LogP contribution is 2.22. The first-order chi connectivity index (χ1) is 10.0. The van der Waals surface area contributed by atoms with Gasteiger partial charge in [-0.05, 0) is 24.6 Å². The van der Waals surface area contributed by atoms with E-state index in [-0.39, 0.29) is 5.91 Å². The van der Waals surface area contributed by atoms with Crippen molar-refractivity contribution in [1.82, 2.24) is 4.90 Å². The van der Waals surface area contributed by atoms with Crippen LogP contribution in [0.5, 0.6) is 0 Å². The van der Waals surface area contributed by atoms with Crippen molar-refractivity contribution in [3.8, 4) is 0 Å². The van der Waals surface area contributed by atoms with Gasteiger partial charge in [0.1, 0.15) is 0 Å². The van der Waals surface area contributed by atoms with Gasteiger partial charge >= 0.3 is 0 Å². The third-order valence-corrected chi connectivity index (χ3v) is 5.23. The third-order valence-electron chi connectivity index (χ3n) is 3.02.